The van der Waals surface area contributed by atoms with Gasteiger partial charge >= 0.3 is 5.97 Å². The van der Waals surface area contributed by atoms with E-state index in [4.69, 9.17) is 4.74 Å². The van der Waals surface area contributed by atoms with Crippen LogP contribution in [0.15, 0.2) is 53.4 Å². The number of carbonyl (C=O) groups is 1. The molecule has 2 aromatic rings. The van der Waals surface area contributed by atoms with Crippen LogP contribution in [-0.4, -0.2) is 31.8 Å². The van der Waals surface area contributed by atoms with E-state index in [1.807, 2.05) is 31.2 Å². The van der Waals surface area contributed by atoms with Gasteiger partial charge in [-0.2, -0.15) is 4.31 Å². The molecule has 5 nitrogen and oxygen atoms in total. The topological polar surface area (TPSA) is 63.7 Å². The first kappa shape index (κ1) is 18.6. The first-order chi connectivity index (χ1) is 12.5. The lowest BCUT2D eigenvalue weighted by Gasteiger charge is -2.26. The summed E-state index contributed by atoms with van der Waals surface area (Å²) >= 11 is 0. The molecular weight excluding hydrogens is 350 g/mol. The molecule has 0 bridgehead atoms. The van der Waals surface area contributed by atoms with Crippen molar-refractivity contribution in [3.8, 4) is 0 Å². The lowest BCUT2D eigenvalue weighted by atomic mass is 10.1. The molecule has 1 fully saturated rings. The van der Waals surface area contributed by atoms with Crippen LogP contribution in [0.3, 0.4) is 0 Å². The van der Waals surface area contributed by atoms with Crippen molar-refractivity contribution in [2.45, 2.75) is 37.7 Å². The second-order valence-corrected chi connectivity index (χ2v) is 8.43. The van der Waals surface area contributed by atoms with Gasteiger partial charge in [0.15, 0.2) is 0 Å². The SMILES string of the molecule is Cc1cccc(COC(=O)c2ccccc2S(=O)(=O)N2CCCCC2)c1. The Morgan fingerprint density at radius 3 is 2.50 bits per heavy atom. The van der Waals surface area contributed by atoms with Crippen LogP contribution < -0.4 is 0 Å². The summed E-state index contributed by atoms with van der Waals surface area (Å²) < 4.78 is 32.7. The molecule has 1 aliphatic rings. The molecule has 1 aliphatic heterocycles. The minimum absolute atomic E-state index is 0.0242. The number of hydrogen-bond acceptors (Lipinski definition) is 4. The number of rotatable bonds is 5. The lowest BCUT2D eigenvalue weighted by Crippen LogP contribution is -2.36. The van der Waals surface area contributed by atoms with Crippen LogP contribution in [-0.2, 0) is 21.4 Å². The van der Waals surface area contributed by atoms with Gasteiger partial charge in [0.2, 0.25) is 10.0 Å². The van der Waals surface area contributed by atoms with E-state index in [9.17, 15) is 13.2 Å². The Balaban J connectivity index is 1.81. The molecule has 0 atom stereocenters. The molecule has 3 rings (SSSR count). The summed E-state index contributed by atoms with van der Waals surface area (Å²) in [6.07, 6.45) is 2.73. The molecular formula is C20H23NO4S. The van der Waals surface area contributed by atoms with Gasteiger partial charge in [0.1, 0.15) is 6.61 Å². The van der Waals surface area contributed by atoms with Gasteiger partial charge in [0.05, 0.1) is 10.5 Å². The maximum atomic E-state index is 12.9. The Labute approximate surface area is 154 Å². The highest BCUT2D eigenvalue weighted by Gasteiger charge is 2.30. The van der Waals surface area contributed by atoms with Crippen LogP contribution in [0.2, 0.25) is 0 Å². The summed E-state index contributed by atoms with van der Waals surface area (Å²) in [6.45, 7) is 3.06. The van der Waals surface area contributed by atoms with Crippen LogP contribution in [0.5, 0.6) is 0 Å². The zero-order valence-electron chi connectivity index (χ0n) is 14.8. The van der Waals surface area contributed by atoms with E-state index >= 15 is 0 Å². The lowest BCUT2D eigenvalue weighted by molar-refractivity contribution is 0.0468. The van der Waals surface area contributed by atoms with Gasteiger partial charge in [-0.25, -0.2) is 13.2 Å². The molecule has 26 heavy (non-hydrogen) atoms. The van der Waals surface area contributed by atoms with Crippen LogP contribution in [0.4, 0.5) is 0 Å². The fourth-order valence-corrected chi connectivity index (χ4v) is 4.83. The van der Waals surface area contributed by atoms with Crippen molar-refractivity contribution < 1.29 is 17.9 Å². The van der Waals surface area contributed by atoms with E-state index in [-0.39, 0.29) is 17.1 Å². The molecule has 138 valence electrons. The van der Waals surface area contributed by atoms with Crippen molar-refractivity contribution in [1.82, 2.24) is 4.31 Å². The van der Waals surface area contributed by atoms with Gasteiger partial charge in [0, 0.05) is 13.1 Å². The number of piperidine rings is 1. The molecule has 2 aromatic carbocycles. The number of hydrogen-bond donors (Lipinski definition) is 0. The number of carbonyl (C=O) groups excluding carboxylic acids is 1. The molecule has 0 saturated carbocycles. The first-order valence-electron chi connectivity index (χ1n) is 8.80. The van der Waals surface area contributed by atoms with Crippen molar-refractivity contribution >= 4 is 16.0 Å². The molecule has 0 radical (unpaired) electrons. The summed E-state index contributed by atoms with van der Waals surface area (Å²) in [4.78, 5) is 12.6. The molecule has 6 heteroatoms. The van der Waals surface area contributed by atoms with Gasteiger partial charge in [-0.05, 0) is 37.5 Å². The van der Waals surface area contributed by atoms with E-state index < -0.39 is 16.0 Å². The maximum absolute atomic E-state index is 12.9. The van der Waals surface area contributed by atoms with Crippen molar-refractivity contribution in [3.05, 3.63) is 65.2 Å². The van der Waals surface area contributed by atoms with E-state index in [0.717, 1.165) is 30.4 Å². The highest BCUT2D eigenvalue weighted by molar-refractivity contribution is 7.89. The van der Waals surface area contributed by atoms with E-state index in [1.54, 1.807) is 12.1 Å². The first-order valence-corrected chi connectivity index (χ1v) is 10.2. The average Bonchev–Trinajstić information content (AvgIpc) is 2.67. The summed E-state index contributed by atoms with van der Waals surface area (Å²) in [7, 11) is -3.69. The second kappa shape index (κ2) is 8.01. The molecule has 0 unspecified atom stereocenters. The molecule has 1 heterocycles. The van der Waals surface area contributed by atoms with Crippen molar-refractivity contribution in [1.29, 1.82) is 0 Å². The molecule has 0 amide bonds. The summed E-state index contributed by atoms with van der Waals surface area (Å²) in [5.74, 6) is -0.623. The Kier molecular flexibility index (Phi) is 5.74. The van der Waals surface area contributed by atoms with Gasteiger partial charge in [-0.15, -0.1) is 0 Å². The third kappa shape index (κ3) is 4.14. The highest BCUT2D eigenvalue weighted by atomic mass is 32.2. The van der Waals surface area contributed by atoms with Crippen molar-refractivity contribution in [2.24, 2.45) is 0 Å². The zero-order valence-corrected chi connectivity index (χ0v) is 15.7. The van der Waals surface area contributed by atoms with Crippen LogP contribution in [0, 0.1) is 6.92 Å². The van der Waals surface area contributed by atoms with Gasteiger partial charge in [-0.1, -0.05) is 48.4 Å². The molecule has 0 aliphatic carbocycles. The average molecular weight is 373 g/mol. The normalized spacial score (nSPS) is 15.6. The second-order valence-electron chi connectivity index (χ2n) is 6.53. The summed E-state index contributed by atoms with van der Waals surface area (Å²) in [5, 5.41) is 0. The van der Waals surface area contributed by atoms with Gasteiger partial charge < -0.3 is 4.74 Å². The monoisotopic (exact) mass is 373 g/mol. The van der Waals surface area contributed by atoms with Gasteiger partial charge in [-0.3, -0.25) is 0 Å². The zero-order chi connectivity index (χ0) is 18.6. The Morgan fingerprint density at radius 1 is 1.04 bits per heavy atom. The molecule has 0 N–H and O–H groups in total. The Morgan fingerprint density at radius 2 is 1.77 bits per heavy atom. The Hall–Kier alpha value is -2.18. The molecule has 0 aromatic heterocycles. The van der Waals surface area contributed by atoms with Crippen LogP contribution in [0.1, 0.15) is 40.7 Å². The summed E-state index contributed by atoms with van der Waals surface area (Å²) in [6, 6.07) is 13.9. The predicted molar refractivity (Wildman–Crippen MR) is 99.4 cm³/mol. The number of sulfonamides is 1. The highest BCUT2D eigenvalue weighted by Crippen LogP contribution is 2.24. The van der Waals surface area contributed by atoms with E-state index in [0.29, 0.717) is 13.1 Å². The Bertz CT molecular complexity index is 886. The van der Waals surface area contributed by atoms with Crippen LogP contribution >= 0.6 is 0 Å². The van der Waals surface area contributed by atoms with Gasteiger partial charge in [0.25, 0.3) is 0 Å². The number of esters is 1. The molecule has 0 spiro atoms. The largest absolute Gasteiger partial charge is 0.457 e. The predicted octanol–water partition coefficient (Wildman–Crippen LogP) is 3.53. The fraction of sp³-hybridized carbons (Fsp3) is 0.350. The smallest absolute Gasteiger partial charge is 0.339 e. The fourth-order valence-electron chi connectivity index (χ4n) is 3.13. The third-order valence-corrected chi connectivity index (χ3v) is 6.45. The summed E-state index contributed by atoms with van der Waals surface area (Å²) in [5.41, 5.74) is 2.03. The van der Waals surface area contributed by atoms with Crippen LogP contribution in [0.25, 0.3) is 0 Å². The maximum Gasteiger partial charge on any atom is 0.339 e. The van der Waals surface area contributed by atoms with E-state index in [2.05, 4.69) is 0 Å². The third-order valence-electron chi connectivity index (χ3n) is 4.49. The molecule has 1 saturated heterocycles. The standard InChI is InChI=1S/C20H23NO4S/c1-16-8-7-9-17(14-16)15-25-20(22)18-10-3-4-11-19(18)26(23,24)21-12-5-2-6-13-21/h3-4,7-11,14H,2,5-6,12-13,15H2,1H3. The minimum atomic E-state index is -3.69. The minimum Gasteiger partial charge on any atom is -0.457 e. The number of nitrogens with zero attached hydrogens (tertiary/aromatic N) is 1. The van der Waals surface area contributed by atoms with Crippen molar-refractivity contribution in [3.63, 3.8) is 0 Å². The number of aryl methyl sites for hydroxylation is 1. The quantitative estimate of drug-likeness (QED) is 0.752. The van der Waals surface area contributed by atoms with E-state index in [1.165, 1.54) is 16.4 Å². The number of benzene rings is 2. The number of ether oxygens (including phenoxy) is 1. The van der Waals surface area contributed by atoms with Crippen molar-refractivity contribution in [2.75, 3.05) is 13.1 Å².